The maximum Gasteiger partial charge on any atom is 0.227 e. The third-order valence-electron chi connectivity index (χ3n) is 2.97. The summed E-state index contributed by atoms with van der Waals surface area (Å²) in [6.45, 7) is 0.998. The van der Waals surface area contributed by atoms with Crippen molar-refractivity contribution in [2.24, 2.45) is 5.92 Å². The highest BCUT2D eigenvalue weighted by Crippen LogP contribution is 2.26. The van der Waals surface area contributed by atoms with E-state index in [9.17, 15) is 13.6 Å². The molecule has 0 spiro atoms. The van der Waals surface area contributed by atoms with Gasteiger partial charge in [0.15, 0.2) is 11.6 Å². The van der Waals surface area contributed by atoms with E-state index in [0.29, 0.717) is 26.1 Å². The first-order valence-electron chi connectivity index (χ1n) is 5.71. The molecule has 2 rings (SSSR count). The molecule has 1 aliphatic heterocycles. The Labute approximate surface area is 103 Å². The van der Waals surface area contributed by atoms with Crippen molar-refractivity contribution in [3.63, 3.8) is 0 Å². The molecule has 18 heavy (non-hydrogen) atoms. The molecule has 98 valence electrons. The van der Waals surface area contributed by atoms with Gasteiger partial charge in [0.1, 0.15) is 5.69 Å². The van der Waals surface area contributed by atoms with Crippen LogP contribution in [0.25, 0.3) is 0 Å². The molecule has 1 amide bonds. The number of nitrogens with one attached hydrogen (secondary N) is 1. The minimum atomic E-state index is -1.13. The van der Waals surface area contributed by atoms with Gasteiger partial charge in [-0.3, -0.25) is 4.79 Å². The first-order chi connectivity index (χ1) is 8.59. The topological polar surface area (TPSA) is 64.3 Å². The van der Waals surface area contributed by atoms with Crippen LogP contribution in [-0.2, 0) is 9.53 Å². The number of carbonyl (C=O) groups excluding carboxylic acids is 1. The average molecular weight is 256 g/mol. The Morgan fingerprint density at radius 2 is 2.00 bits per heavy atom. The van der Waals surface area contributed by atoms with Crippen molar-refractivity contribution in [1.29, 1.82) is 0 Å². The van der Waals surface area contributed by atoms with Gasteiger partial charge in [-0.25, -0.2) is 8.78 Å². The van der Waals surface area contributed by atoms with Gasteiger partial charge in [0, 0.05) is 19.1 Å². The van der Waals surface area contributed by atoms with Gasteiger partial charge in [-0.15, -0.1) is 0 Å². The molecule has 0 aliphatic carbocycles. The van der Waals surface area contributed by atoms with Gasteiger partial charge in [-0.2, -0.15) is 0 Å². The summed E-state index contributed by atoms with van der Waals surface area (Å²) in [5, 5.41) is 2.35. The van der Waals surface area contributed by atoms with E-state index < -0.39 is 11.6 Å². The van der Waals surface area contributed by atoms with Crippen molar-refractivity contribution < 1.29 is 18.3 Å². The van der Waals surface area contributed by atoms with E-state index in [-0.39, 0.29) is 23.2 Å². The van der Waals surface area contributed by atoms with E-state index in [1.807, 2.05) is 0 Å². The second-order valence-electron chi connectivity index (χ2n) is 4.20. The fourth-order valence-electron chi connectivity index (χ4n) is 1.88. The van der Waals surface area contributed by atoms with Crippen LogP contribution in [0.5, 0.6) is 0 Å². The number of halogens is 2. The Morgan fingerprint density at radius 3 is 2.67 bits per heavy atom. The number of rotatable bonds is 2. The molecule has 0 atom stereocenters. The van der Waals surface area contributed by atoms with Crippen molar-refractivity contribution in [3.8, 4) is 0 Å². The van der Waals surface area contributed by atoms with Crippen LogP contribution < -0.4 is 11.1 Å². The third kappa shape index (κ3) is 2.59. The van der Waals surface area contributed by atoms with Gasteiger partial charge >= 0.3 is 0 Å². The molecule has 0 saturated carbocycles. The highest BCUT2D eigenvalue weighted by molar-refractivity contribution is 5.95. The molecule has 0 unspecified atom stereocenters. The van der Waals surface area contributed by atoms with E-state index in [1.54, 1.807) is 0 Å². The maximum absolute atomic E-state index is 13.5. The molecule has 1 aromatic rings. The number of amides is 1. The molecular formula is C12H14F2N2O2. The zero-order valence-corrected chi connectivity index (χ0v) is 9.71. The van der Waals surface area contributed by atoms with Gasteiger partial charge in [-0.1, -0.05) is 0 Å². The second kappa shape index (κ2) is 5.30. The quantitative estimate of drug-likeness (QED) is 0.794. The average Bonchev–Trinajstić information content (AvgIpc) is 2.40. The molecule has 3 N–H and O–H groups in total. The Morgan fingerprint density at radius 1 is 1.33 bits per heavy atom. The van der Waals surface area contributed by atoms with Crippen LogP contribution >= 0.6 is 0 Å². The van der Waals surface area contributed by atoms with Gasteiger partial charge < -0.3 is 15.8 Å². The van der Waals surface area contributed by atoms with E-state index in [0.717, 1.165) is 6.07 Å². The van der Waals surface area contributed by atoms with E-state index >= 15 is 0 Å². The van der Waals surface area contributed by atoms with Gasteiger partial charge in [0.25, 0.3) is 0 Å². The molecule has 6 heteroatoms. The maximum atomic E-state index is 13.5. The number of hydrogen-bond acceptors (Lipinski definition) is 3. The normalized spacial score (nSPS) is 16.6. The number of nitrogen functional groups attached to an aromatic ring is 1. The Bertz CT molecular complexity index is 460. The lowest BCUT2D eigenvalue weighted by Crippen LogP contribution is -2.29. The number of ether oxygens (including phenoxy) is 1. The zero-order valence-electron chi connectivity index (χ0n) is 9.71. The predicted octanol–water partition coefficient (Wildman–Crippen LogP) is 1.91. The molecule has 1 fully saturated rings. The highest BCUT2D eigenvalue weighted by atomic mass is 19.2. The Hall–Kier alpha value is -1.69. The summed E-state index contributed by atoms with van der Waals surface area (Å²) in [6.07, 6.45) is 1.14. The van der Waals surface area contributed by atoms with Crippen LogP contribution in [0.4, 0.5) is 20.2 Å². The van der Waals surface area contributed by atoms with Crippen LogP contribution in [0.3, 0.4) is 0 Å². The molecule has 1 aliphatic rings. The van der Waals surface area contributed by atoms with Crippen molar-refractivity contribution in [3.05, 3.63) is 23.8 Å². The summed E-state index contributed by atoms with van der Waals surface area (Å²) in [5.74, 6) is -2.77. The highest BCUT2D eigenvalue weighted by Gasteiger charge is 2.23. The third-order valence-corrected chi connectivity index (χ3v) is 2.97. The summed E-state index contributed by atoms with van der Waals surface area (Å²) in [6, 6.07) is 2.15. The zero-order chi connectivity index (χ0) is 13.1. The Kier molecular flexibility index (Phi) is 3.76. The van der Waals surface area contributed by atoms with Crippen LogP contribution in [0.1, 0.15) is 12.8 Å². The monoisotopic (exact) mass is 256 g/mol. The molecule has 1 saturated heterocycles. The second-order valence-corrected chi connectivity index (χ2v) is 4.20. The summed E-state index contributed by atoms with van der Waals surface area (Å²) < 4.78 is 31.7. The number of nitrogens with two attached hydrogens (primary N) is 1. The van der Waals surface area contributed by atoms with Crippen LogP contribution in [0.2, 0.25) is 0 Å². The van der Waals surface area contributed by atoms with Crippen molar-refractivity contribution in [1.82, 2.24) is 0 Å². The van der Waals surface area contributed by atoms with Crippen molar-refractivity contribution in [2.75, 3.05) is 24.3 Å². The van der Waals surface area contributed by atoms with Gasteiger partial charge in [0.05, 0.1) is 5.69 Å². The van der Waals surface area contributed by atoms with E-state index in [2.05, 4.69) is 5.32 Å². The standard InChI is InChI=1S/C12H14F2N2O2/c13-8-1-2-9(15)11(10(8)14)16-12(17)7-3-5-18-6-4-7/h1-2,7H,3-6,15H2,(H,16,17). The van der Waals surface area contributed by atoms with Gasteiger partial charge in [0.2, 0.25) is 5.91 Å². The summed E-state index contributed by atoms with van der Waals surface area (Å²) in [4.78, 5) is 11.9. The first kappa shape index (κ1) is 12.8. The number of anilines is 2. The minimum absolute atomic E-state index is 0.00862. The van der Waals surface area contributed by atoms with Crippen LogP contribution in [-0.4, -0.2) is 19.1 Å². The number of benzene rings is 1. The fourth-order valence-corrected chi connectivity index (χ4v) is 1.88. The summed E-state index contributed by atoms with van der Waals surface area (Å²) in [7, 11) is 0. The molecule has 0 radical (unpaired) electrons. The van der Waals surface area contributed by atoms with E-state index in [1.165, 1.54) is 6.07 Å². The van der Waals surface area contributed by atoms with Crippen LogP contribution in [0, 0.1) is 17.6 Å². The smallest absolute Gasteiger partial charge is 0.227 e. The molecule has 4 nitrogen and oxygen atoms in total. The molecule has 0 bridgehead atoms. The lowest BCUT2D eigenvalue weighted by molar-refractivity contribution is -0.122. The molecular weight excluding hydrogens is 242 g/mol. The number of hydrogen-bond donors (Lipinski definition) is 2. The lowest BCUT2D eigenvalue weighted by atomic mass is 9.99. The first-order valence-corrected chi connectivity index (χ1v) is 5.71. The largest absolute Gasteiger partial charge is 0.397 e. The van der Waals surface area contributed by atoms with Crippen molar-refractivity contribution in [2.45, 2.75) is 12.8 Å². The molecule has 0 aromatic heterocycles. The SMILES string of the molecule is Nc1ccc(F)c(F)c1NC(=O)C1CCOCC1. The van der Waals surface area contributed by atoms with Crippen molar-refractivity contribution >= 4 is 17.3 Å². The Balaban J connectivity index is 2.13. The minimum Gasteiger partial charge on any atom is -0.397 e. The molecule has 1 heterocycles. The lowest BCUT2D eigenvalue weighted by Gasteiger charge is -2.21. The van der Waals surface area contributed by atoms with Crippen LogP contribution in [0.15, 0.2) is 12.1 Å². The van der Waals surface area contributed by atoms with Gasteiger partial charge in [-0.05, 0) is 25.0 Å². The summed E-state index contributed by atoms with van der Waals surface area (Å²) in [5.41, 5.74) is 5.24. The summed E-state index contributed by atoms with van der Waals surface area (Å²) >= 11 is 0. The predicted molar refractivity (Wildman–Crippen MR) is 62.9 cm³/mol. The van der Waals surface area contributed by atoms with E-state index in [4.69, 9.17) is 10.5 Å². The molecule has 1 aromatic carbocycles. The fraction of sp³-hybridized carbons (Fsp3) is 0.417. The number of carbonyl (C=O) groups is 1.